The molecule has 1 aromatic heterocycles. The number of para-hydroxylation sites is 2. The molecule has 0 fully saturated rings. The van der Waals surface area contributed by atoms with Gasteiger partial charge in [-0.1, -0.05) is 42.5 Å². The minimum Gasteiger partial charge on any atom is -0.369 e. The molecule has 2 aromatic carbocycles. The lowest BCUT2D eigenvalue weighted by atomic mass is 10.2. The molecule has 0 saturated heterocycles. The van der Waals surface area contributed by atoms with Crippen LogP contribution in [-0.2, 0) is 17.9 Å². The van der Waals surface area contributed by atoms with E-state index in [1.165, 1.54) is 11.9 Å². The van der Waals surface area contributed by atoms with E-state index in [0.29, 0.717) is 13.0 Å². The van der Waals surface area contributed by atoms with Crippen LogP contribution in [0, 0.1) is 0 Å². The zero-order valence-corrected chi connectivity index (χ0v) is 14.9. The van der Waals surface area contributed by atoms with Gasteiger partial charge in [0.05, 0.1) is 11.4 Å². The molecule has 0 bridgehead atoms. The van der Waals surface area contributed by atoms with Crippen molar-refractivity contribution in [3.63, 3.8) is 0 Å². The predicted octanol–water partition coefficient (Wildman–Crippen LogP) is 3.33. The van der Waals surface area contributed by atoms with Crippen LogP contribution in [0.1, 0.15) is 18.4 Å². The van der Waals surface area contributed by atoms with Crippen LogP contribution in [0.15, 0.2) is 67.3 Å². The van der Waals surface area contributed by atoms with Crippen LogP contribution in [0.5, 0.6) is 0 Å². The summed E-state index contributed by atoms with van der Waals surface area (Å²) < 4.78 is 1.73. The van der Waals surface area contributed by atoms with E-state index in [2.05, 4.69) is 32.4 Å². The lowest BCUT2D eigenvalue weighted by molar-refractivity contribution is -0.116. The van der Waals surface area contributed by atoms with E-state index in [4.69, 9.17) is 0 Å². The van der Waals surface area contributed by atoms with Gasteiger partial charge in [-0.05, 0) is 24.1 Å². The molecular weight excluding hydrogens is 326 g/mol. The van der Waals surface area contributed by atoms with Crippen LogP contribution in [0.3, 0.4) is 0 Å². The van der Waals surface area contributed by atoms with Crippen molar-refractivity contribution < 1.29 is 4.79 Å². The Labute approximate surface area is 153 Å². The van der Waals surface area contributed by atoms with Crippen molar-refractivity contribution in [2.75, 3.05) is 17.3 Å². The van der Waals surface area contributed by atoms with E-state index in [1.54, 1.807) is 11.0 Å². The standard InChI is InChI=1S/C20H23N5O/c1-24(14-17-8-3-2-4-9-17)19-11-6-5-10-18(19)23-20(26)12-7-13-25-16-21-15-22-25/h2-6,8-11,15-16H,7,12-14H2,1H3,(H,23,26). The molecule has 0 aliphatic carbocycles. The van der Waals surface area contributed by atoms with Gasteiger partial charge in [-0.2, -0.15) is 5.10 Å². The van der Waals surface area contributed by atoms with Crippen LogP contribution in [0.2, 0.25) is 0 Å². The second-order valence-electron chi connectivity index (χ2n) is 6.17. The number of anilines is 2. The average molecular weight is 349 g/mol. The van der Waals surface area contributed by atoms with E-state index in [0.717, 1.165) is 24.3 Å². The summed E-state index contributed by atoms with van der Waals surface area (Å²) >= 11 is 0. The van der Waals surface area contributed by atoms with Gasteiger partial charge in [0, 0.05) is 26.6 Å². The Hall–Kier alpha value is -3.15. The highest BCUT2D eigenvalue weighted by Gasteiger charge is 2.10. The first-order chi connectivity index (χ1) is 12.7. The molecular formula is C20H23N5O. The molecule has 0 radical (unpaired) electrons. The van der Waals surface area contributed by atoms with Gasteiger partial charge in [-0.3, -0.25) is 9.48 Å². The number of carbonyl (C=O) groups excluding carboxylic acids is 1. The maximum Gasteiger partial charge on any atom is 0.224 e. The molecule has 3 rings (SSSR count). The van der Waals surface area contributed by atoms with E-state index in [9.17, 15) is 4.79 Å². The molecule has 6 heteroatoms. The van der Waals surface area contributed by atoms with Gasteiger partial charge in [-0.15, -0.1) is 0 Å². The molecule has 6 nitrogen and oxygen atoms in total. The fourth-order valence-electron chi connectivity index (χ4n) is 2.82. The number of rotatable bonds is 8. The fourth-order valence-corrected chi connectivity index (χ4v) is 2.82. The lowest BCUT2D eigenvalue weighted by Crippen LogP contribution is -2.20. The van der Waals surface area contributed by atoms with Crippen molar-refractivity contribution >= 4 is 17.3 Å². The zero-order chi connectivity index (χ0) is 18.2. The summed E-state index contributed by atoms with van der Waals surface area (Å²) in [5, 5.41) is 7.07. The minimum atomic E-state index is 0.00526. The third-order valence-electron chi connectivity index (χ3n) is 4.11. The van der Waals surface area contributed by atoms with Crippen LogP contribution < -0.4 is 10.2 Å². The monoisotopic (exact) mass is 349 g/mol. The maximum absolute atomic E-state index is 12.3. The molecule has 0 aliphatic rings. The summed E-state index contributed by atoms with van der Waals surface area (Å²) in [6.07, 6.45) is 4.32. The third-order valence-corrected chi connectivity index (χ3v) is 4.11. The van der Waals surface area contributed by atoms with Gasteiger partial charge in [0.1, 0.15) is 12.7 Å². The molecule has 0 aliphatic heterocycles. The van der Waals surface area contributed by atoms with Crippen molar-refractivity contribution in [2.24, 2.45) is 0 Å². The minimum absolute atomic E-state index is 0.00526. The topological polar surface area (TPSA) is 63.1 Å². The summed E-state index contributed by atoms with van der Waals surface area (Å²) in [5.41, 5.74) is 3.06. The van der Waals surface area contributed by atoms with Crippen LogP contribution in [-0.4, -0.2) is 27.7 Å². The Bertz CT molecular complexity index is 817. The van der Waals surface area contributed by atoms with E-state index >= 15 is 0 Å². The molecule has 0 unspecified atom stereocenters. The van der Waals surface area contributed by atoms with Gasteiger partial charge in [0.25, 0.3) is 0 Å². The molecule has 1 N–H and O–H groups in total. The Morgan fingerprint density at radius 3 is 2.65 bits per heavy atom. The number of amides is 1. The van der Waals surface area contributed by atoms with Crippen LogP contribution >= 0.6 is 0 Å². The molecule has 0 spiro atoms. The van der Waals surface area contributed by atoms with E-state index in [-0.39, 0.29) is 5.91 Å². The van der Waals surface area contributed by atoms with Crippen molar-refractivity contribution in [3.8, 4) is 0 Å². The van der Waals surface area contributed by atoms with Crippen molar-refractivity contribution in [2.45, 2.75) is 25.9 Å². The maximum atomic E-state index is 12.3. The summed E-state index contributed by atoms with van der Waals surface area (Å²) in [6.45, 7) is 1.46. The molecule has 1 heterocycles. The number of benzene rings is 2. The summed E-state index contributed by atoms with van der Waals surface area (Å²) in [4.78, 5) is 18.3. The Kier molecular flexibility index (Phi) is 5.98. The molecule has 0 saturated carbocycles. The third kappa shape index (κ3) is 4.92. The van der Waals surface area contributed by atoms with E-state index < -0.39 is 0 Å². The first kappa shape index (κ1) is 17.7. The lowest BCUT2D eigenvalue weighted by Gasteiger charge is -2.23. The number of nitrogens with one attached hydrogen (secondary N) is 1. The quantitative estimate of drug-likeness (QED) is 0.677. The molecule has 26 heavy (non-hydrogen) atoms. The Morgan fingerprint density at radius 2 is 1.88 bits per heavy atom. The second kappa shape index (κ2) is 8.80. The molecule has 3 aromatic rings. The Balaban J connectivity index is 1.58. The fraction of sp³-hybridized carbons (Fsp3) is 0.250. The van der Waals surface area contributed by atoms with Crippen molar-refractivity contribution in [3.05, 3.63) is 72.8 Å². The van der Waals surface area contributed by atoms with Crippen LogP contribution in [0.4, 0.5) is 11.4 Å². The number of carbonyl (C=O) groups is 1. The highest BCUT2D eigenvalue weighted by atomic mass is 16.1. The van der Waals surface area contributed by atoms with Gasteiger partial charge in [0.15, 0.2) is 0 Å². The summed E-state index contributed by atoms with van der Waals surface area (Å²) in [5.74, 6) is 0.00526. The van der Waals surface area contributed by atoms with Gasteiger partial charge in [0.2, 0.25) is 5.91 Å². The van der Waals surface area contributed by atoms with E-state index in [1.807, 2.05) is 49.5 Å². The SMILES string of the molecule is CN(Cc1ccccc1)c1ccccc1NC(=O)CCCn1cncn1. The zero-order valence-electron chi connectivity index (χ0n) is 14.9. The predicted molar refractivity (Wildman–Crippen MR) is 103 cm³/mol. The molecule has 134 valence electrons. The number of nitrogens with zero attached hydrogens (tertiary/aromatic N) is 4. The molecule has 0 atom stereocenters. The molecule has 1 amide bonds. The first-order valence-corrected chi connectivity index (χ1v) is 8.69. The summed E-state index contributed by atoms with van der Waals surface area (Å²) in [6, 6.07) is 18.2. The van der Waals surface area contributed by atoms with Gasteiger partial charge < -0.3 is 10.2 Å². The van der Waals surface area contributed by atoms with Gasteiger partial charge in [-0.25, -0.2) is 4.98 Å². The number of hydrogen-bond acceptors (Lipinski definition) is 4. The van der Waals surface area contributed by atoms with Crippen molar-refractivity contribution in [1.29, 1.82) is 0 Å². The Morgan fingerprint density at radius 1 is 1.12 bits per heavy atom. The second-order valence-corrected chi connectivity index (χ2v) is 6.17. The normalized spacial score (nSPS) is 10.5. The largest absolute Gasteiger partial charge is 0.369 e. The number of aryl methyl sites for hydroxylation is 1. The van der Waals surface area contributed by atoms with Crippen LogP contribution in [0.25, 0.3) is 0 Å². The highest BCUT2D eigenvalue weighted by molar-refractivity contribution is 5.94. The smallest absolute Gasteiger partial charge is 0.224 e. The average Bonchev–Trinajstić information content (AvgIpc) is 3.16. The highest BCUT2D eigenvalue weighted by Crippen LogP contribution is 2.26. The summed E-state index contributed by atoms with van der Waals surface area (Å²) in [7, 11) is 2.03. The number of aromatic nitrogens is 3. The number of hydrogen-bond donors (Lipinski definition) is 1. The van der Waals surface area contributed by atoms with Crippen molar-refractivity contribution in [1.82, 2.24) is 14.8 Å². The first-order valence-electron chi connectivity index (χ1n) is 8.69. The van der Waals surface area contributed by atoms with Gasteiger partial charge >= 0.3 is 0 Å².